The van der Waals surface area contributed by atoms with Crippen LogP contribution in [0.15, 0.2) is 53.6 Å². The third-order valence-electron chi connectivity index (χ3n) is 5.15. The number of amides is 1. The third kappa shape index (κ3) is 3.66. The van der Waals surface area contributed by atoms with E-state index in [1.165, 1.54) is 17.8 Å². The summed E-state index contributed by atoms with van der Waals surface area (Å²) < 4.78 is 16.3. The van der Waals surface area contributed by atoms with E-state index in [4.69, 9.17) is 0 Å². The number of aromatic nitrogens is 1. The minimum atomic E-state index is -0.207. The number of benzene rings is 2. The van der Waals surface area contributed by atoms with E-state index in [2.05, 4.69) is 14.8 Å². The summed E-state index contributed by atoms with van der Waals surface area (Å²) in [6.07, 6.45) is 2.74. The quantitative estimate of drug-likeness (QED) is 0.697. The third-order valence-corrected chi connectivity index (χ3v) is 6.31. The van der Waals surface area contributed by atoms with Gasteiger partial charge < -0.3 is 14.8 Å². The molecular formula is C22H24FN3OS. The van der Waals surface area contributed by atoms with Gasteiger partial charge in [-0.3, -0.25) is 4.79 Å². The van der Waals surface area contributed by atoms with E-state index in [0.29, 0.717) is 10.5 Å². The van der Waals surface area contributed by atoms with Crippen LogP contribution in [-0.4, -0.2) is 41.8 Å². The minimum Gasteiger partial charge on any atom is -0.345 e. The Bertz CT molecular complexity index is 1010. The number of para-hydroxylation sites is 1. The zero-order chi connectivity index (χ0) is 19.7. The van der Waals surface area contributed by atoms with Crippen LogP contribution in [0.3, 0.4) is 0 Å². The summed E-state index contributed by atoms with van der Waals surface area (Å²) in [4.78, 5) is 15.9. The predicted molar refractivity (Wildman–Crippen MR) is 112 cm³/mol. The van der Waals surface area contributed by atoms with Gasteiger partial charge in [0.05, 0.1) is 11.6 Å². The van der Waals surface area contributed by atoms with Gasteiger partial charge in [-0.05, 0) is 38.2 Å². The molecule has 1 N–H and O–H groups in total. The van der Waals surface area contributed by atoms with Crippen LogP contribution in [0, 0.1) is 5.82 Å². The number of rotatable bonds is 5. The van der Waals surface area contributed by atoms with E-state index >= 15 is 0 Å². The lowest BCUT2D eigenvalue weighted by molar-refractivity contribution is 0.0936. The molecule has 3 aromatic rings. The van der Waals surface area contributed by atoms with Gasteiger partial charge in [0.25, 0.3) is 5.91 Å². The van der Waals surface area contributed by atoms with Crippen LogP contribution in [0.25, 0.3) is 10.9 Å². The van der Waals surface area contributed by atoms with Gasteiger partial charge in [-0.2, -0.15) is 0 Å². The van der Waals surface area contributed by atoms with Crippen molar-refractivity contribution in [3.63, 3.8) is 0 Å². The topological polar surface area (TPSA) is 37.3 Å². The van der Waals surface area contributed by atoms with Crippen LogP contribution in [0.4, 0.5) is 4.39 Å². The van der Waals surface area contributed by atoms with Crippen molar-refractivity contribution in [1.29, 1.82) is 0 Å². The van der Waals surface area contributed by atoms with E-state index < -0.39 is 0 Å². The maximum absolute atomic E-state index is 14.1. The molecule has 28 heavy (non-hydrogen) atoms. The zero-order valence-corrected chi connectivity index (χ0v) is 16.9. The minimum absolute atomic E-state index is 0.105. The number of fused-ring (bicyclic) bond motifs is 2. The van der Waals surface area contributed by atoms with Gasteiger partial charge in [0, 0.05) is 40.8 Å². The van der Waals surface area contributed by atoms with Crippen molar-refractivity contribution in [3.05, 3.63) is 65.6 Å². The second-order valence-corrected chi connectivity index (χ2v) is 8.48. The number of hydrogen-bond donors (Lipinski definition) is 1. The summed E-state index contributed by atoms with van der Waals surface area (Å²) in [5.74, 6) is 0.484. The first-order valence-electron chi connectivity index (χ1n) is 9.49. The Morgan fingerprint density at radius 1 is 1.25 bits per heavy atom. The second-order valence-electron chi connectivity index (χ2n) is 7.38. The highest BCUT2D eigenvalue weighted by Crippen LogP contribution is 2.38. The number of nitrogens with zero attached hydrogens (tertiary/aromatic N) is 2. The summed E-state index contributed by atoms with van der Waals surface area (Å²) in [5.41, 5.74) is 2.60. The Balaban J connectivity index is 1.63. The van der Waals surface area contributed by atoms with Gasteiger partial charge in [0.1, 0.15) is 5.82 Å². The molecule has 4 rings (SSSR count). The molecule has 0 bridgehead atoms. The normalized spacial score (nSPS) is 16.4. The number of thioether (sulfide) groups is 1. The Morgan fingerprint density at radius 2 is 2.07 bits per heavy atom. The van der Waals surface area contributed by atoms with Crippen LogP contribution in [0.5, 0.6) is 0 Å². The predicted octanol–water partition coefficient (Wildman–Crippen LogP) is 4.31. The molecule has 1 aliphatic heterocycles. The lowest BCUT2D eigenvalue weighted by atomic mass is 10.0. The van der Waals surface area contributed by atoms with E-state index in [0.717, 1.165) is 41.7 Å². The number of carbonyl (C=O) groups excluding carboxylic acids is 1. The molecule has 6 heteroatoms. The SMILES string of the molecule is CN(C)CCn1cc(C(=O)NC2CCSc3c(F)cccc32)c2ccccc21. The maximum atomic E-state index is 14.1. The molecule has 0 saturated heterocycles. The van der Waals surface area contributed by atoms with Crippen molar-refractivity contribution in [2.45, 2.75) is 23.9 Å². The number of likely N-dealkylation sites (N-methyl/N-ethyl adjacent to an activating group) is 1. The molecule has 0 saturated carbocycles. The van der Waals surface area contributed by atoms with Crippen molar-refractivity contribution >= 4 is 28.6 Å². The Hall–Kier alpha value is -2.31. The molecule has 1 aromatic heterocycles. The highest BCUT2D eigenvalue weighted by Gasteiger charge is 2.26. The highest BCUT2D eigenvalue weighted by atomic mass is 32.2. The van der Waals surface area contributed by atoms with Crippen LogP contribution < -0.4 is 5.32 Å². The number of hydrogen-bond acceptors (Lipinski definition) is 3. The first-order valence-corrected chi connectivity index (χ1v) is 10.5. The molecule has 146 valence electrons. The van der Waals surface area contributed by atoms with E-state index in [-0.39, 0.29) is 17.8 Å². The first kappa shape index (κ1) is 19.0. The van der Waals surface area contributed by atoms with E-state index in [1.54, 1.807) is 6.07 Å². The maximum Gasteiger partial charge on any atom is 0.253 e. The summed E-state index contributed by atoms with van der Waals surface area (Å²) in [6, 6.07) is 12.9. The monoisotopic (exact) mass is 397 g/mol. The summed E-state index contributed by atoms with van der Waals surface area (Å²) in [5, 5.41) is 4.09. The van der Waals surface area contributed by atoms with Gasteiger partial charge in [-0.1, -0.05) is 30.3 Å². The molecule has 4 nitrogen and oxygen atoms in total. The summed E-state index contributed by atoms with van der Waals surface area (Å²) in [6.45, 7) is 1.71. The second kappa shape index (κ2) is 7.97. The van der Waals surface area contributed by atoms with Gasteiger partial charge in [-0.25, -0.2) is 4.39 Å². The molecule has 0 aliphatic carbocycles. The van der Waals surface area contributed by atoms with Crippen LogP contribution in [-0.2, 0) is 6.54 Å². The molecule has 1 aliphatic rings. The Kier molecular flexibility index (Phi) is 5.42. The Labute approximate surface area is 168 Å². The van der Waals surface area contributed by atoms with E-state index in [9.17, 15) is 9.18 Å². The molecular weight excluding hydrogens is 373 g/mol. The average Bonchev–Trinajstić information content (AvgIpc) is 3.06. The summed E-state index contributed by atoms with van der Waals surface area (Å²) >= 11 is 1.52. The standard InChI is InChI=1S/C22H24FN3OS/c1-25(2)11-12-26-14-17(15-6-3-4-9-20(15)26)22(27)24-19-10-13-28-21-16(19)7-5-8-18(21)23/h3-9,14,19H,10-13H2,1-2H3,(H,24,27). The van der Waals surface area contributed by atoms with Crippen LogP contribution >= 0.6 is 11.8 Å². The van der Waals surface area contributed by atoms with E-state index in [1.807, 2.05) is 50.6 Å². The summed E-state index contributed by atoms with van der Waals surface area (Å²) in [7, 11) is 4.08. The number of nitrogens with one attached hydrogen (secondary N) is 1. The Morgan fingerprint density at radius 3 is 2.89 bits per heavy atom. The molecule has 2 heterocycles. The molecule has 0 spiro atoms. The highest BCUT2D eigenvalue weighted by molar-refractivity contribution is 7.99. The molecule has 1 unspecified atom stereocenters. The van der Waals surface area contributed by atoms with Crippen molar-refractivity contribution in [1.82, 2.24) is 14.8 Å². The van der Waals surface area contributed by atoms with Crippen molar-refractivity contribution in [2.24, 2.45) is 0 Å². The number of halogens is 1. The fourth-order valence-corrected chi connectivity index (χ4v) is 4.83. The molecule has 0 fully saturated rings. The van der Waals surface area contributed by atoms with Gasteiger partial charge in [0.2, 0.25) is 0 Å². The van der Waals surface area contributed by atoms with Gasteiger partial charge in [-0.15, -0.1) is 11.8 Å². The molecule has 1 amide bonds. The zero-order valence-electron chi connectivity index (χ0n) is 16.1. The fraction of sp³-hybridized carbons (Fsp3) is 0.318. The molecule has 2 aromatic carbocycles. The largest absolute Gasteiger partial charge is 0.345 e. The average molecular weight is 398 g/mol. The van der Waals surface area contributed by atoms with Gasteiger partial charge >= 0.3 is 0 Å². The molecule has 0 radical (unpaired) electrons. The smallest absolute Gasteiger partial charge is 0.253 e. The van der Waals surface area contributed by atoms with Crippen molar-refractivity contribution in [2.75, 3.05) is 26.4 Å². The lowest BCUT2D eigenvalue weighted by Gasteiger charge is -2.26. The fourth-order valence-electron chi connectivity index (χ4n) is 3.69. The molecule has 1 atom stereocenters. The van der Waals surface area contributed by atoms with Crippen molar-refractivity contribution in [3.8, 4) is 0 Å². The van der Waals surface area contributed by atoms with Gasteiger partial charge in [0.15, 0.2) is 0 Å². The first-order chi connectivity index (χ1) is 13.5. The van der Waals surface area contributed by atoms with Crippen LogP contribution in [0.2, 0.25) is 0 Å². The van der Waals surface area contributed by atoms with Crippen LogP contribution in [0.1, 0.15) is 28.4 Å². The lowest BCUT2D eigenvalue weighted by Crippen LogP contribution is -2.30. The van der Waals surface area contributed by atoms with Crippen molar-refractivity contribution < 1.29 is 9.18 Å². The number of carbonyl (C=O) groups is 1.